The van der Waals surface area contributed by atoms with Crippen molar-refractivity contribution in [3.8, 4) is 0 Å². The van der Waals surface area contributed by atoms with Crippen LogP contribution in [-0.4, -0.2) is 65.3 Å². The van der Waals surface area contributed by atoms with Crippen molar-refractivity contribution in [3.05, 3.63) is 0 Å². The van der Waals surface area contributed by atoms with Crippen molar-refractivity contribution in [3.63, 3.8) is 0 Å². The van der Waals surface area contributed by atoms with Crippen molar-refractivity contribution in [2.45, 2.75) is 142 Å². The van der Waals surface area contributed by atoms with Gasteiger partial charge in [-0.3, -0.25) is 14.4 Å². The Morgan fingerprint density at radius 2 is 1.44 bits per heavy atom. The quantitative estimate of drug-likeness (QED) is 0.127. The molecule has 7 N–H and O–H groups in total. The van der Waals surface area contributed by atoms with Gasteiger partial charge in [-0.15, -0.1) is 0 Å². The van der Waals surface area contributed by atoms with Gasteiger partial charge >= 0.3 is 0 Å². The maximum Gasteiger partial charge on any atom is 0.222 e. The van der Waals surface area contributed by atoms with E-state index in [2.05, 4.69) is 29.8 Å². The highest BCUT2D eigenvalue weighted by atomic mass is 16.3. The van der Waals surface area contributed by atoms with Crippen LogP contribution in [0.15, 0.2) is 0 Å². The number of aliphatic hydroxyl groups is 2. The van der Waals surface area contributed by atoms with Gasteiger partial charge in [0.15, 0.2) is 0 Å². The molecule has 39 heavy (non-hydrogen) atoms. The smallest absolute Gasteiger partial charge is 0.222 e. The van der Waals surface area contributed by atoms with E-state index in [4.69, 9.17) is 5.73 Å². The van der Waals surface area contributed by atoms with E-state index < -0.39 is 24.3 Å². The Kier molecular flexibility index (Phi) is 18.3. The number of hydrogen-bond donors (Lipinski definition) is 6. The van der Waals surface area contributed by atoms with Crippen molar-refractivity contribution in [1.29, 1.82) is 0 Å². The maximum absolute atomic E-state index is 12.7. The van der Waals surface area contributed by atoms with Crippen LogP contribution in [0.4, 0.5) is 0 Å². The second-order valence-corrected chi connectivity index (χ2v) is 12.4. The molecule has 0 unspecified atom stereocenters. The van der Waals surface area contributed by atoms with Gasteiger partial charge in [-0.25, -0.2) is 0 Å². The first-order valence-corrected chi connectivity index (χ1v) is 15.4. The van der Waals surface area contributed by atoms with E-state index in [-0.39, 0.29) is 30.6 Å². The van der Waals surface area contributed by atoms with Gasteiger partial charge < -0.3 is 31.9 Å². The standard InChI is InChI=1S/C30H58N4O5/c1-21(2)14-16-33-28(37)13-9-6-10-15-32-29(38)20-27(36)25(18-23-11-7-5-8-12-23)34-30(39)19-26(35)24(31)17-22(3)4/h21-27,35-36H,5-20,31H2,1-4H3,(H,32,38)(H,33,37)(H,34,39)/t24-,25-,26-,27-/m0/s1. The molecule has 0 saturated heterocycles. The fraction of sp³-hybridized carbons (Fsp3) is 0.900. The zero-order valence-electron chi connectivity index (χ0n) is 25.1. The van der Waals surface area contributed by atoms with Crippen molar-refractivity contribution < 1.29 is 24.6 Å². The lowest BCUT2D eigenvalue weighted by Crippen LogP contribution is -2.48. The third-order valence-corrected chi connectivity index (χ3v) is 7.60. The van der Waals surface area contributed by atoms with Gasteiger partial charge in [0.25, 0.3) is 0 Å². The summed E-state index contributed by atoms with van der Waals surface area (Å²) in [6.45, 7) is 9.49. The molecule has 9 heteroatoms. The van der Waals surface area contributed by atoms with Crippen LogP contribution in [0.3, 0.4) is 0 Å². The van der Waals surface area contributed by atoms with E-state index in [0.717, 1.165) is 51.4 Å². The number of nitrogens with two attached hydrogens (primary N) is 1. The van der Waals surface area contributed by atoms with E-state index >= 15 is 0 Å². The average molecular weight is 555 g/mol. The number of amides is 3. The molecule has 0 aromatic carbocycles. The number of carbonyl (C=O) groups excluding carboxylic acids is 3. The largest absolute Gasteiger partial charge is 0.391 e. The molecule has 3 amide bonds. The minimum Gasteiger partial charge on any atom is -0.391 e. The number of unbranched alkanes of at least 4 members (excludes halogenated alkanes) is 2. The lowest BCUT2D eigenvalue weighted by Gasteiger charge is -2.30. The number of aliphatic hydroxyl groups excluding tert-OH is 2. The minimum absolute atomic E-state index is 0.0725. The Bertz CT molecular complexity index is 697. The van der Waals surface area contributed by atoms with Crippen LogP contribution in [-0.2, 0) is 14.4 Å². The summed E-state index contributed by atoms with van der Waals surface area (Å²) in [5.74, 6) is 0.751. The first-order chi connectivity index (χ1) is 18.5. The summed E-state index contributed by atoms with van der Waals surface area (Å²) in [7, 11) is 0. The summed E-state index contributed by atoms with van der Waals surface area (Å²) in [5.41, 5.74) is 6.04. The predicted octanol–water partition coefficient (Wildman–Crippen LogP) is 3.16. The number of carbonyl (C=O) groups is 3. The molecule has 1 aliphatic carbocycles. The molecule has 0 heterocycles. The summed E-state index contributed by atoms with van der Waals surface area (Å²) in [6.07, 6.45) is 8.52. The monoisotopic (exact) mass is 554 g/mol. The fourth-order valence-electron chi connectivity index (χ4n) is 5.21. The number of rotatable bonds is 20. The van der Waals surface area contributed by atoms with Gasteiger partial charge in [0.1, 0.15) is 0 Å². The molecule has 1 rings (SSSR count). The Hall–Kier alpha value is -1.71. The van der Waals surface area contributed by atoms with Crippen LogP contribution in [0, 0.1) is 17.8 Å². The van der Waals surface area contributed by atoms with E-state index in [9.17, 15) is 24.6 Å². The highest BCUT2D eigenvalue weighted by Crippen LogP contribution is 2.28. The van der Waals surface area contributed by atoms with Gasteiger partial charge in [-0.05, 0) is 49.9 Å². The highest BCUT2D eigenvalue weighted by molar-refractivity contribution is 5.78. The molecule has 0 aromatic rings. The molecule has 1 aliphatic rings. The Morgan fingerprint density at radius 1 is 0.795 bits per heavy atom. The molecule has 0 radical (unpaired) electrons. The molecule has 0 spiro atoms. The third-order valence-electron chi connectivity index (χ3n) is 7.60. The fourth-order valence-corrected chi connectivity index (χ4v) is 5.21. The van der Waals surface area contributed by atoms with Crippen LogP contribution >= 0.6 is 0 Å². The lowest BCUT2D eigenvalue weighted by molar-refractivity contribution is -0.128. The Morgan fingerprint density at radius 3 is 2.08 bits per heavy atom. The van der Waals surface area contributed by atoms with Gasteiger partial charge in [-0.1, -0.05) is 66.2 Å². The van der Waals surface area contributed by atoms with Crippen molar-refractivity contribution in [2.24, 2.45) is 23.5 Å². The van der Waals surface area contributed by atoms with E-state index in [1.54, 1.807) is 0 Å². The van der Waals surface area contributed by atoms with Gasteiger partial charge in [0.05, 0.1) is 31.1 Å². The summed E-state index contributed by atoms with van der Waals surface area (Å²) < 4.78 is 0. The van der Waals surface area contributed by atoms with E-state index in [0.29, 0.717) is 50.1 Å². The summed E-state index contributed by atoms with van der Waals surface area (Å²) in [6, 6.07) is -1.03. The van der Waals surface area contributed by atoms with Crippen molar-refractivity contribution in [2.75, 3.05) is 13.1 Å². The van der Waals surface area contributed by atoms with Crippen molar-refractivity contribution >= 4 is 17.7 Å². The van der Waals surface area contributed by atoms with Crippen LogP contribution in [0.25, 0.3) is 0 Å². The summed E-state index contributed by atoms with van der Waals surface area (Å²) in [4.78, 5) is 37.1. The third kappa shape index (κ3) is 17.6. The maximum atomic E-state index is 12.7. The molecule has 0 aliphatic heterocycles. The first-order valence-electron chi connectivity index (χ1n) is 15.4. The SMILES string of the molecule is CC(C)CCNC(=O)CCCCCNC(=O)C[C@H](O)[C@H](CC1CCCCC1)NC(=O)C[C@H](O)[C@@H](N)CC(C)C. The lowest BCUT2D eigenvalue weighted by atomic mass is 9.83. The average Bonchev–Trinajstić information content (AvgIpc) is 2.85. The second-order valence-electron chi connectivity index (χ2n) is 12.4. The zero-order valence-corrected chi connectivity index (χ0v) is 25.1. The molecular weight excluding hydrogens is 496 g/mol. The molecule has 1 fully saturated rings. The Balaban J connectivity index is 2.44. The molecule has 0 bridgehead atoms. The van der Waals surface area contributed by atoms with Gasteiger partial charge in [0, 0.05) is 25.6 Å². The van der Waals surface area contributed by atoms with Crippen LogP contribution in [0.1, 0.15) is 118 Å². The predicted molar refractivity (Wildman–Crippen MR) is 156 cm³/mol. The van der Waals surface area contributed by atoms with Crippen LogP contribution in [0.2, 0.25) is 0 Å². The minimum atomic E-state index is -1.01. The Labute approximate surface area is 236 Å². The second kappa shape index (κ2) is 20.2. The molecule has 1 saturated carbocycles. The summed E-state index contributed by atoms with van der Waals surface area (Å²) >= 11 is 0. The van der Waals surface area contributed by atoms with E-state index in [1.807, 2.05) is 13.8 Å². The van der Waals surface area contributed by atoms with Gasteiger partial charge in [0.2, 0.25) is 17.7 Å². The number of nitrogens with one attached hydrogen (secondary N) is 3. The van der Waals surface area contributed by atoms with Crippen LogP contribution in [0.5, 0.6) is 0 Å². The normalized spacial score (nSPS) is 17.5. The van der Waals surface area contributed by atoms with Gasteiger partial charge in [-0.2, -0.15) is 0 Å². The number of hydrogen-bond acceptors (Lipinski definition) is 6. The molecule has 228 valence electrons. The molecule has 4 atom stereocenters. The molecule has 9 nitrogen and oxygen atoms in total. The van der Waals surface area contributed by atoms with Crippen LogP contribution < -0.4 is 21.7 Å². The molecular formula is C30H58N4O5. The highest BCUT2D eigenvalue weighted by Gasteiger charge is 2.29. The zero-order chi connectivity index (χ0) is 29.2. The summed E-state index contributed by atoms with van der Waals surface area (Å²) in [5, 5.41) is 30.0. The van der Waals surface area contributed by atoms with E-state index in [1.165, 1.54) is 6.42 Å². The van der Waals surface area contributed by atoms with Crippen molar-refractivity contribution in [1.82, 2.24) is 16.0 Å². The topological polar surface area (TPSA) is 154 Å². The first kappa shape index (κ1) is 35.3. The molecule has 0 aromatic heterocycles.